The molecule has 1 rings (SSSR count). The van der Waals surface area contributed by atoms with Crippen molar-refractivity contribution in [2.24, 2.45) is 5.92 Å². The Balaban J connectivity index is 2.70. The first-order valence-electron chi connectivity index (χ1n) is 7.28. The van der Waals surface area contributed by atoms with Gasteiger partial charge in [-0.3, -0.25) is 4.79 Å². The molecule has 0 aliphatic rings. The Morgan fingerprint density at radius 3 is 2.20 bits per heavy atom. The van der Waals surface area contributed by atoms with Crippen molar-refractivity contribution in [1.82, 2.24) is 5.32 Å². The van der Waals surface area contributed by atoms with Crippen LogP contribution in [-0.4, -0.2) is 23.2 Å². The Hall–Kier alpha value is -1.35. The van der Waals surface area contributed by atoms with E-state index < -0.39 is 12.0 Å². The molecule has 3 nitrogen and oxygen atoms in total. The van der Waals surface area contributed by atoms with E-state index in [9.17, 15) is 9.90 Å². The first kappa shape index (κ1) is 16.7. The monoisotopic (exact) mass is 277 g/mol. The van der Waals surface area contributed by atoms with Crippen molar-refractivity contribution in [1.29, 1.82) is 0 Å². The second-order valence-electron chi connectivity index (χ2n) is 6.58. The van der Waals surface area contributed by atoms with E-state index in [0.29, 0.717) is 0 Å². The molecule has 0 saturated carbocycles. The van der Waals surface area contributed by atoms with Crippen LogP contribution in [0.4, 0.5) is 0 Å². The fourth-order valence-electron chi connectivity index (χ4n) is 2.69. The van der Waals surface area contributed by atoms with E-state index in [-0.39, 0.29) is 17.4 Å². The van der Waals surface area contributed by atoms with Gasteiger partial charge in [0, 0.05) is 6.04 Å². The molecule has 2 unspecified atom stereocenters. The number of carboxylic acid groups (broad SMARTS) is 1. The molecule has 0 aromatic heterocycles. The average molecular weight is 277 g/mol. The molecule has 0 aliphatic heterocycles. The standard InChI is InChI=1S/C17H27NO2/c1-12(2)15(16(19)20)18-13(3)11-17(4,5)14-9-7-6-8-10-14/h6-10,12-13,15,18H,11H2,1-5H3,(H,19,20). The highest BCUT2D eigenvalue weighted by Crippen LogP contribution is 2.28. The Morgan fingerprint density at radius 2 is 1.75 bits per heavy atom. The number of nitrogens with one attached hydrogen (secondary N) is 1. The van der Waals surface area contributed by atoms with Gasteiger partial charge in [0.05, 0.1) is 0 Å². The summed E-state index contributed by atoms with van der Waals surface area (Å²) in [6.07, 6.45) is 0.896. The van der Waals surface area contributed by atoms with Gasteiger partial charge in [-0.2, -0.15) is 0 Å². The van der Waals surface area contributed by atoms with E-state index in [0.717, 1.165) is 6.42 Å². The molecule has 0 spiro atoms. The second-order valence-corrected chi connectivity index (χ2v) is 6.58. The number of carbonyl (C=O) groups is 1. The maximum atomic E-state index is 11.2. The zero-order valence-electron chi connectivity index (χ0n) is 13.2. The van der Waals surface area contributed by atoms with Gasteiger partial charge in [-0.15, -0.1) is 0 Å². The predicted molar refractivity (Wildman–Crippen MR) is 82.9 cm³/mol. The van der Waals surface area contributed by atoms with Gasteiger partial charge in [-0.1, -0.05) is 58.0 Å². The zero-order valence-corrected chi connectivity index (χ0v) is 13.2. The molecule has 1 aromatic rings. The molecule has 3 heteroatoms. The molecule has 0 fully saturated rings. The molecule has 2 atom stereocenters. The number of aliphatic carboxylic acids is 1. The Bertz CT molecular complexity index is 426. The lowest BCUT2D eigenvalue weighted by molar-refractivity contribution is -0.140. The summed E-state index contributed by atoms with van der Waals surface area (Å²) in [5.41, 5.74) is 1.30. The van der Waals surface area contributed by atoms with E-state index in [1.54, 1.807) is 0 Å². The second kappa shape index (κ2) is 6.89. The summed E-state index contributed by atoms with van der Waals surface area (Å²) in [6.45, 7) is 10.3. The third-order valence-electron chi connectivity index (χ3n) is 3.77. The normalized spacial score (nSPS) is 15.1. The summed E-state index contributed by atoms with van der Waals surface area (Å²) in [4.78, 5) is 11.2. The van der Waals surface area contributed by atoms with Crippen molar-refractivity contribution in [2.45, 2.75) is 58.5 Å². The van der Waals surface area contributed by atoms with Gasteiger partial charge in [-0.25, -0.2) is 0 Å². The maximum absolute atomic E-state index is 11.2. The minimum absolute atomic E-state index is 0.0215. The first-order valence-corrected chi connectivity index (χ1v) is 7.28. The van der Waals surface area contributed by atoms with Crippen molar-refractivity contribution in [3.8, 4) is 0 Å². The molecule has 1 aromatic carbocycles. The van der Waals surface area contributed by atoms with Crippen LogP contribution in [0.25, 0.3) is 0 Å². The summed E-state index contributed by atoms with van der Waals surface area (Å²) < 4.78 is 0. The largest absolute Gasteiger partial charge is 0.480 e. The smallest absolute Gasteiger partial charge is 0.320 e. The van der Waals surface area contributed by atoms with Gasteiger partial charge in [0.15, 0.2) is 0 Å². The molecule has 0 radical (unpaired) electrons. The summed E-state index contributed by atoms with van der Waals surface area (Å²) in [5, 5.41) is 12.5. The molecule has 20 heavy (non-hydrogen) atoms. The first-order chi connectivity index (χ1) is 9.24. The molecule has 0 aliphatic carbocycles. The van der Waals surface area contributed by atoms with Gasteiger partial charge in [-0.05, 0) is 30.2 Å². The van der Waals surface area contributed by atoms with E-state index in [4.69, 9.17) is 0 Å². The van der Waals surface area contributed by atoms with E-state index >= 15 is 0 Å². The van der Waals surface area contributed by atoms with Crippen LogP contribution in [-0.2, 0) is 10.2 Å². The molecule has 0 bridgehead atoms. The summed E-state index contributed by atoms with van der Waals surface area (Å²) in [5.74, 6) is -0.695. The Morgan fingerprint density at radius 1 is 1.20 bits per heavy atom. The number of rotatable bonds is 7. The third-order valence-corrected chi connectivity index (χ3v) is 3.77. The molecule has 0 heterocycles. The van der Waals surface area contributed by atoms with Crippen LogP contribution in [0.1, 0.15) is 46.6 Å². The lowest BCUT2D eigenvalue weighted by atomic mass is 9.79. The molecular weight excluding hydrogens is 250 g/mol. The lowest BCUT2D eigenvalue weighted by Crippen LogP contribution is -2.47. The minimum atomic E-state index is -0.774. The van der Waals surface area contributed by atoms with E-state index in [2.05, 4.69) is 38.2 Å². The average Bonchev–Trinajstić information content (AvgIpc) is 2.35. The van der Waals surface area contributed by atoms with Crippen LogP contribution in [0.15, 0.2) is 30.3 Å². The van der Waals surface area contributed by atoms with Crippen molar-refractivity contribution in [3.63, 3.8) is 0 Å². The summed E-state index contributed by atoms with van der Waals surface area (Å²) in [6, 6.07) is 10.0. The summed E-state index contributed by atoms with van der Waals surface area (Å²) >= 11 is 0. The van der Waals surface area contributed by atoms with Gasteiger partial charge in [0.25, 0.3) is 0 Å². The lowest BCUT2D eigenvalue weighted by Gasteiger charge is -2.31. The van der Waals surface area contributed by atoms with Crippen LogP contribution >= 0.6 is 0 Å². The molecule has 2 N–H and O–H groups in total. The SMILES string of the molecule is CC(CC(C)(C)c1ccccc1)NC(C(=O)O)C(C)C. The van der Waals surface area contributed by atoms with Crippen LogP contribution in [0.3, 0.4) is 0 Å². The quantitative estimate of drug-likeness (QED) is 0.802. The number of hydrogen-bond acceptors (Lipinski definition) is 2. The third kappa shape index (κ3) is 4.64. The van der Waals surface area contributed by atoms with Gasteiger partial charge >= 0.3 is 5.97 Å². The van der Waals surface area contributed by atoms with Gasteiger partial charge < -0.3 is 10.4 Å². The fourth-order valence-corrected chi connectivity index (χ4v) is 2.69. The molecule has 0 amide bonds. The van der Waals surface area contributed by atoms with Crippen molar-refractivity contribution >= 4 is 5.97 Å². The number of benzene rings is 1. The zero-order chi connectivity index (χ0) is 15.3. The highest BCUT2D eigenvalue weighted by molar-refractivity contribution is 5.73. The van der Waals surface area contributed by atoms with E-state index in [1.807, 2.05) is 32.0 Å². The Kier molecular flexibility index (Phi) is 5.75. The van der Waals surface area contributed by atoms with Crippen LogP contribution in [0, 0.1) is 5.92 Å². The Labute approximate surface area is 122 Å². The topological polar surface area (TPSA) is 49.3 Å². The summed E-state index contributed by atoms with van der Waals surface area (Å²) in [7, 11) is 0. The number of hydrogen-bond donors (Lipinski definition) is 2. The van der Waals surface area contributed by atoms with Crippen LogP contribution < -0.4 is 5.32 Å². The molecule has 0 saturated heterocycles. The van der Waals surface area contributed by atoms with Crippen LogP contribution in [0.5, 0.6) is 0 Å². The number of carboxylic acids is 1. The van der Waals surface area contributed by atoms with Crippen LogP contribution in [0.2, 0.25) is 0 Å². The van der Waals surface area contributed by atoms with E-state index in [1.165, 1.54) is 5.56 Å². The fraction of sp³-hybridized carbons (Fsp3) is 0.588. The molecular formula is C17H27NO2. The minimum Gasteiger partial charge on any atom is -0.480 e. The van der Waals surface area contributed by atoms with Gasteiger partial charge in [0.2, 0.25) is 0 Å². The molecule has 112 valence electrons. The van der Waals surface area contributed by atoms with Crippen molar-refractivity contribution in [3.05, 3.63) is 35.9 Å². The van der Waals surface area contributed by atoms with Crippen molar-refractivity contribution in [2.75, 3.05) is 0 Å². The predicted octanol–water partition coefficient (Wildman–Crippen LogP) is 3.44. The maximum Gasteiger partial charge on any atom is 0.320 e. The van der Waals surface area contributed by atoms with Crippen molar-refractivity contribution < 1.29 is 9.90 Å². The highest BCUT2D eigenvalue weighted by atomic mass is 16.4. The highest BCUT2D eigenvalue weighted by Gasteiger charge is 2.27. The van der Waals surface area contributed by atoms with Gasteiger partial charge in [0.1, 0.15) is 6.04 Å².